The number of carbonyl (C=O) groups is 2. The molecule has 13 heavy (non-hydrogen) atoms. The highest BCUT2D eigenvalue weighted by molar-refractivity contribution is 7.51. The minimum absolute atomic E-state index is 0.0969. The maximum Gasteiger partial charge on any atom is 0.326 e. The Balaban J connectivity index is 2.70. The Morgan fingerprint density at radius 1 is 1.46 bits per heavy atom. The number of amides is 2. The summed E-state index contributed by atoms with van der Waals surface area (Å²) >= 11 is 0. The van der Waals surface area contributed by atoms with Crippen molar-refractivity contribution in [1.29, 1.82) is 0 Å². The van der Waals surface area contributed by atoms with Crippen LogP contribution in [0.4, 0.5) is 0 Å². The molecule has 3 N–H and O–H groups in total. The molecule has 7 nitrogen and oxygen atoms in total. The lowest BCUT2D eigenvalue weighted by atomic mass is 10.1. The normalized spacial score (nSPS) is 24.2. The molecule has 1 atom stereocenters. The highest BCUT2D eigenvalue weighted by Gasteiger charge is 2.41. The number of nitrogens with zero attached hydrogens (tertiary/aromatic N) is 1. The second-order valence-corrected chi connectivity index (χ2v) is 4.49. The molecule has 0 aromatic rings. The van der Waals surface area contributed by atoms with Crippen LogP contribution in [-0.4, -0.2) is 38.0 Å². The lowest BCUT2D eigenvalue weighted by Crippen LogP contribution is -2.27. The molecule has 0 saturated carbocycles. The average molecular weight is 209 g/mol. The highest BCUT2D eigenvalue weighted by Crippen LogP contribution is 2.39. The van der Waals surface area contributed by atoms with Crippen molar-refractivity contribution in [2.24, 2.45) is 5.92 Å². The number of carbonyl (C=O) groups excluding carboxylic acids is 2. The van der Waals surface area contributed by atoms with Crippen molar-refractivity contribution in [3.63, 3.8) is 0 Å². The second-order valence-electron chi connectivity index (χ2n) is 2.79. The Bertz CT molecular complexity index is 295. The van der Waals surface area contributed by atoms with E-state index in [-0.39, 0.29) is 11.5 Å². The van der Waals surface area contributed by atoms with E-state index in [0.29, 0.717) is 0 Å². The van der Waals surface area contributed by atoms with E-state index in [1.54, 1.807) is 0 Å². The number of hydrogen-bond acceptors (Lipinski definition) is 4. The van der Waals surface area contributed by atoms with Crippen LogP contribution >= 0.6 is 7.60 Å². The summed E-state index contributed by atoms with van der Waals surface area (Å²) in [5.41, 5.74) is 0. The van der Waals surface area contributed by atoms with Crippen LogP contribution < -0.4 is 0 Å². The van der Waals surface area contributed by atoms with E-state index < -0.39 is 31.5 Å². The zero-order chi connectivity index (χ0) is 10.2. The summed E-state index contributed by atoms with van der Waals surface area (Å²) in [6.07, 6.45) is -1.05. The first-order valence-electron chi connectivity index (χ1n) is 3.41. The molecule has 0 spiro atoms. The van der Waals surface area contributed by atoms with Gasteiger partial charge in [0.05, 0.1) is 12.1 Å². The molecule has 1 fully saturated rings. The van der Waals surface area contributed by atoms with E-state index in [9.17, 15) is 14.2 Å². The molecular weight excluding hydrogens is 201 g/mol. The fourth-order valence-corrected chi connectivity index (χ4v) is 1.97. The zero-order valence-electron chi connectivity index (χ0n) is 6.45. The number of rotatable bonds is 2. The van der Waals surface area contributed by atoms with Crippen LogP contribution in [0.25, 0.3) is 0 Å². The Kier molecular flexibility index (Phi) is 2.53. The predicted molar refractivity (Wildman–Crippen MR) is 38.7 cm³/mol. The molecule has 0 aromatic heterocycles. The van der Waals surface area contributed by atoms with Crippen molar-refractivity contribution >= 4 is 19.4 Å². The van der Waals surface area contributed by atoms with E-state index >= 15 is 0 Å². The van der Waals surface area contributed by atoms with Gasteiger partial charge in [0, 0.05) is 6.42 Å². The van der Waals surface area contributed by atoms with Gasteiger partial charge in [-0.3, -0.25) is 19.4 Å². The summed E-state index contributed by atoms with van der Waals surface area (Å²) in [7, 11) is -4.32. The predicted octanol–water partition coefficient (Wildman–Crippen LogP) is -1.07. The fourth-order valence-electron chi connectivity index (χ4n) is 1.11. The van der Waals surface area contributed by atoms with Crippen molar-refractivity contribution < 1.29 is 29.1 Å². The minimum atomic E-state index is -4.32. The molecule has 1 aliphatic heterocycles. The summed E-state index contributed by atoms with van der Waals surface area (Å²) in [5.74, 6) is -2.88. The standard InChI is InChI=1S/C5H8NO6P/c7-4-1-3(2-13(10,11)12)5(8)6(4)9/h3,9H,1-2H2,(H2,10,11,12). The van der Waals surface area contributed by atoms with Gasteiger partial charge in [-0.25, -0.2) is 0 Å². The van der Waals surface area contributed by atoms with Gasteiger partial charge < -0.3 is 9.79 Å². The first-order chi connectivity index (χ1) is 5.81. The molecule has 1 aliphatic rings. The zero-order valence-corrected chi connectivity index (χ0v) is 7.35. The smallest absolute Gasteiger partial charge is 0.324 e. The monoisotopic (exact) mass is 209 g/mol. The molecular formula is C5H8NO6P. The van der Waals surface area contributed by atoms with Crippen LogP contribution in [0.1, 0.15) is 6.42 Å². The Morgan fingerprint density at radius 3 is 2.31 bits per heavy atom. The molecule has 1 rings (SSSR count). The quantitative estimate of drug-likeness (QED) is 0.303. The summed E-state index contributed by atoms with van der Waals surface area (Å²) in [4.78, 5) is 38.6. The Morgan fingerprint density at radius 2 is 2.00 bits per heavy atom. The third kappa shape index (κ3) is 2.35. The summed E-state index contributed by atoms with van der Waals surface area (Å²) < 4.78 is 10.5. The van der Waals surface area contributed by atoms with Gasteiger partial charge in [-0.05, 0) is 0 Å². The molecule has 0 bridgehead atoms. The Labute approximate surface area is 73.1 Å². The maximum atomic E-state index is 10.9. The van der Waals surface area contributed by atoms with Crippen LogP contribution in [0.3, 0.4) is 0 Å². The SMILES string of the molecule is O=C1CC(CP(=O)(O)O)C(=O)N1O. The average Bonchev–Trinajstić information content (AvgIpc) is 2.15. The number of hydrogen-bond donors (Lipinski definition) is 3. The van der Waals surface area contributed by atoms with E-state index in [0.717, 1.165) is 0 Å². The van der Waals surface area contributed by atoms with Crippen LogP contribution in [-0.2, 0) is 14.2 Å². The molecule has 0 aliphatic carbocycles. The van der Waals surface area contributed by atoms with E-state index in [4.69, 9.17) is 15.0 Å². The van der Waals surface area contributed by atoms with Crippen LogP contribution in [0.15, 0.2) is 0 Å². The third-order valence-electron chi connectivity index (χ3n) is 1.67. The van der Waals surface area contributed by atoms with Gasteiger partial charge in [-0.2, -0.15) is 5.06 Å². The molecule has 8 heteroatoms. The van der Waals surface area contributed by atoms with Gasteiger partial charge in [0.15, 0.2) is 0 Å². The summed E-state index contributed by atoms with van der Waals surface area (Å²) in [6, 6.07) is 0. The Hall–Kier alpha value is -0.750. The molecule has 74 valence electrons. The molecule has 1 saturated heterocycles. The molecule has 0 aromatic carbocycles. The van der Waals surface area contributed by atoms with Crippen molar-refractivity contribution in [2.75, 3.05) is 6.16 Å². The maximum absolute atomic E-state index is 10.9. The van der Waals surface area contributed by atoms with Gasteiger partial charge in [-0.1, -0.05) is 0 Å². The summed E-state index contributed by atoms with van der Waals surface area (Å²) in [5, 5.41) is 8.62. The lowest BCUT2D eigenvalue weighted by molar-refractivity contribution is -0.172. The summed E-state index contributed by atoms with van der Waals surface area (Å²) in [6.45, 7) is 0. The second kappa shape index (κ2) is 3.19. The van der Waals surface area contributed by atoms with Crippen LogP contribution in [0, 0.1) is 5.92 Å². The molecule has 2 amide bonds. The molecule has 0 radical (unpaired) electrons. The largest absolute Gasteiger partial charge is 0.326 e. The van der Waals surface area contributed by atoms with Crippen molar-refractivity contribution in [3.05, 3.63) is 0 Å². The van der Waals surface area contributed by atoms with Crippen molar-refractivity contribution in [1.82, 2.24) is 5.06 Å². The number of hydroxylamine groups is 2. The molecule has 1 heterocycles. The van der Waals surface area contributed by atoms with Gasteiger partial charge in [0.2, 0.25) is 0 Å². The van der Waals surface area contributed by atoms with E-state index in [1.807, 2.05) is 0 Å². The molecule has 1 unspecified atom stereocenters. The first-order valence-corrected chi connectivity index (χ1v) is 5.21. The van der Waals surface area contributed by atoms with E-state index in [1.165, 1.54) is 0 Å². The van der Waals surface area contributed by atoms with Crippen molar-refractivity contribution in [2.45, 2.75) is 6.42 Å². The lowest BCUT2D eigenvalue weighted by Gasteiger charge is -2.07. The minimum Gasteiger partial charge on any atom is -0.324 e. The van der Waals surface area contributed by atoms with Crippen molar-refractivity contribution in [3.8, 4) is 0 Å². The van der Waals surface area contributed by atoms with Gasteiger partial charge in [0.1, 0.15) is 0 Å². The number of imide groups is 1. The topological polar surface area (TPSA) is 115 Å². The van der Waals surface area contributed by atoms with Gasteiger partial charge >= 0.3 is 7.60 Å². The van der Waals surface area contributed by atoms with Gasteiger partial charge in [-0.15, -0.1) is 0 Å². The van der Waals surface area contributed by atoms with Crippen LogP contribution in [0.2, 0.25) is 0 Å². The van der Waals surface area contributed by atoms with Crippen LogP contribution in [0.5, 0.6) is 0 Å². The van der Waals surface area contributed by atoms with E-state index in [2.05, 4.69) is 0 Å². The third-order valence-corrected chi connectivity index (χ3v) is 2.59. The first kappa shape index (κ1) is 10.3. The fraction of sp³-hybridized carbons (Fsp3) is 0.600. The highest BCUT2D eigenvalue weighted by atomic mass is 31.2. The van der Waals surface area contributed by atoms with Gasteiger partial charge in [0.25, 0.3) is 11.8 Å².